The number of likely N-dealkylation sites (N-methyl/N-ethyl adjacent to an activating group) is 1. The number of piperazine rings is 3. The number of nitrogens with one attached hydrogen (secondary N) is 1. The molecule has 6 aromatic carbocycles. The van der Waals surface area contributed by atoms with Gasteiger partial charge in [0, 0.05) is 86.6 Å². The van der Waals surface area contributed by atoms with Crippen LogP contribution in [0.1, 0.15) is 114 Å². The van der Waals surface area contributed by atoms with Crippen LogP contribution in [0.2, 0.25) is 0 Å². The summed E-state index contributed by atoms with van der Waals surface area (Å²) in [6.07, 6.45) is 8.47. The van der Waals surface area contributed by atoms with Crippen molar-refractivity contribution in [3.63, 3.8) is 0 Å². The highest BCUT2D eigenvalue weighted by Gasteiger charge is 2.48. The van der Waals surface area contributed by atoms with Gasteiger partial charge in [-0.2, -0.15) is 15.0 Å². The third kappa shape index (κ3) is 14.9. The third-order valence-electron chi connectivity index (χ3n) is 25.1. The second kappa shape index (κ2) is 34.8. The molecule has 3 saturated heterocycles. The van der Waals surface area contributed by atoms with E-state index in [2.05, 4.69) is 55.0 Å². The Balaban J connectivity index is 0.000000144. The number of ether oxygens (including phenoxy) is 1. The van der Waals surface area contributed by atoms with Crippen LogP contribution in [-0.2, 0) is 24.0 Å². The Kier molecular flexibility index (Phi) is 23.8. The Hall–Kier alpha value is -15.1. The molecular formula is C97H93F6N17O12. The molecule has 132 heavy (non-hydrogen) atoms. The van der Waals surface area contributed by atoms with Crippen LogP contribution in [0.4, 0.5) is 55.2 Å². The van der Waals surface area contributed by atoms with Crippen molar-refractivity contribution in [3.8, 4) is 73.4 Å². The van der Waals surface area contributed by atoms with Crippen LogP contribution in [0.25, 0.3) is 83.2 Å². The Morgan fingerprint density at radius 3 is 1.30 bits per heavy atom. The predicted octanol–water partition coefficient (Wildman–Crippen LogP) is 13.7. The molecule has 5 amide bonds. The maximum Gasteiger partial charge on any atom is 0.354 e. The molecule has 35 heteroatoms. The number of phenolic OH excluding ortho intramolecular Hbond substituents is 3. The van der Waals surface area contributed by atoms with Crippen molar-refractivity contribution in [1.29, 1.82) is 0 Å². The number of anilines is 5. The lowest BCUT2D eigenvalue weighted by Crippen LogP contribution is -2.63. The van der Waals surface area contributed by atoms with Gasteiger partial charge in [-0.3, -0.25) is 52.6 Å². The fraction of sp³-hybridized carbons (Fsp3) is 0.299. The van der Waals surface area contributed by atoms with Gasteiger partial charge in [0.05, 0.1) is 114 Å². The first kappa shape index (κ1) is 90.3. The summed E-state index contributed by atoms with van der Waals surface area (Å²) in [5.41, 5.74) is 0.901. The maximum atomic E-state index is 16.9. The van der Waals surface area contributed by atoms with Crippen molar-refractivity contribution in [3.05, 3.63) is 248 Å². The Morgan fingerprint density at radius 2 is 0.871 bits per heavy atom. The number of rotatable bonds is 12. The summed E-state index contributed by atoms with van der Waals surface area (Å²) in [5.74, 6) is -9.48. The van der Waals surface area contributed by atoms with Crippen LogP contribution >= 0.6 is 0 Å². The van der Waals surface area contributed by atoms with Gasteiger partial charge in [-0.1, -0.05) is 79.5 Å². The molecule has 6 aliphatic rings. The fourth-order valence-corrected chi connectivity index (χ4v) is 19.0. The van der Waals surface area contributed by atoms with Gasteiger partial charge in [0.15, 0.2) is 23.2 Å². The average Bonchev–Trinajstić information content (AvgIpc) is 1.42. The molecule has 0 saturated carbocycles. The number of nitrogens with zero attached hydrogens (tertiary/aromatic N) is 16. The molecule has 6 aliphatic heterocycles. The summed E-state index contributed by atoms with van der Waals surface area (Å²) in [6.45, 7) is 33.9. The fourth-order valence-electron chi connectivity index (χ4n) is 19.0. The van der Waals surface area contributed by atoms with Gasteiger partial charge < -0.3 is 59.7 Å². The lowest BCUT2D eigenvalue weighted by atomic mass is 9.98. The molecule has 18 rings (SSSR count). The van der Waals surface area contributed by atoms with Crippen LogP contribution in [-0.4, -0.2) is 192 Å². The summed E-state index contributed by atoms with van der Waals surface area (Å²) < 4.78 is 106. The number of fused-ring (bicyclic) bond motifs is 6. The Labute approximate surface area is 752 Å². The number of carbonyl (C=O) groups is 5. The van der Waals surface area contributed by atoms with E-state index in [4.69, 9.17) is 4.74 Å². The molecule has 680 valence electrons. The van der Waals surface area contributed by atoms with E-state index in [0.29, 0.717) is 51.8 Å². The van der Waals surface area contributed by atoms with Crippen molar-refractivity contribution in [2.75, 3.05) is 77.8 Å². The van der Waals surface area contributed by atoms with E-state index in [9.17, 15) is 53.7 Å². The molecule has 6 atom stereocenters. The van der Waals surface area contributed by atoms with Crippen molar-refractivity contribution in [2.24, 2.45) is 0 Å². The minimum absolute atomic E-state index is 0.0416. The zero-order valence-electron chi connectivity index (χ0n) is 74.3. The van der Waals surface area contributed by atoms with Crippen LogP contribution in [0.5, 0.6) is 23.0 Å². The molecule has 0 spiro atoms. The van der Waals surface area contributed by atoms with Gasteiger partial charge >= 0.3 is 17.1 Å². The van der Waals surface area contributed by atoms with Crippen LogP contribution in [0.15, 0.2) is 162 Å². The van der Waals surface area contributed by atoms with Gasteiger partial charge in [-0.15, -0.1) is 0 Å². The van der Waals surface area contributed by atoms with Crippen LogP contribution in [0.3, 0.4) is 0 Å². The van der Waals surface area contributed by atoms with E-state index in [1.165, 1.54) is 91.2 Å². The zero-order chi connectivity index (χ0) is 94.8. The first-order chi connectivity index (χ1) is 62.8. The standard InChI is InChI=1S/C33H32F2N6O4.C32H30F2N6O4.C32H31F2N5O4/c1-7-24(43)39-14-18(5)40-22(15-39)32(44)38(6)30-26-21(13-19(27(30)35)25-20(34)9-8-10-23(25)42)41(33(45)37-31(26)40)29-17(4)11-12-36-28(29)16(2)3;1-6-23(42)38-13-17(5)39-21(14-38)31(43)36-28-25-20(12-18(26(28)34)24-19(33)8-7-9-22(24)41)40(32(44)37-30(25)39)29-16(4)10-11-35-27(29)15(2)3;1-6-24(41)37-14-19-15-43-30-26-22(12-20(27(30)34)25-21(33)8-7-9-23(25)40)39(29-17(4)10-11-35-28(29)16(2)3)32(42)36-31(26)38(19)13-18(37)5/h7-13,16,18,22,42H,1,14-15H2,2-6H3;6-12,15,17,21,41H,1,13-14H2,2-5H3,(H,36,43);6-12,16,18-19,40H,1,13-15H2,2-5H3. The van der Waals surface area contributed by atoms with E-state index in [-0.39, 0.29) is 170 Å². The van der Waals surface area contributed by atoms with Gasteiger partial charge in [0.25, 0.3) is 5.91 Å². The summed E-state index contributed by atoms with van der Waals surface area (Å²) in [5, 5.41) is 35.2. The number of benzene rings is 6. The van der Waals surface area contributed by atoms with Crippen LogP contribution in [0, 0.1) is 55.7 Å². The van der Waals surface area contributed by atoms with Crippen molar-refractivity contribution < 1.29 is 70.4 Å². The molecule has 12 heterocycles. The van der Waals surface area contributed by atoms with E-state index in [1.54, 1.807) is 72.3 Å². The van der Waals surface area contributed by atoms with Crippen molar-refractivity contribution in [2.45, 2.75) is 137 Å². The molecule has 12 aromatic rings. The van der Waals surface area contributed by atoms with Gasteiger partial charge in [-0.25, -0.2) is 40.7 Å². The Bertz CT molecular complexity index is 7080. The van der Waals surface area contributed by atoms with E-state index >= 15 is 26.3 Å². The number of aromatic hydroxyl groups is 3. The SMILES string of the molecule is C=CC(=O)N1CC(C)N2c3nc(=O)n(-c4c(C)ccnc4C(C)C)c4cc(-c5c(O)cccc5F)c(F)c(c34)N(C)C(=O)C2C1.C=CC(=O)N1CC(C)N2c3nc(=O)n(-c4c(C)ccnc4C(C)C)c4cc(-c5c(O)cccc5F)c(F)c(c34)NC(=O)C2C1.C=CC(=O)N1CC2COc3c(F)c(-c4c(O)cccc4F)cc4c3c(nc(=O)n4-c3c(C)ccnc3C(C)C)N2CC1C. The summed E-state index contributed by atoms with van der Waals surface area (Å²) in [7, 11) is 1.39. The minimum Gasteiger partial charge on any atom is -0.507 e. The molecule has 6 aromatic heterocycles. The topological polar surface area (TPSA) is 333 Å². The molecule has 0 radical (unpaired) electrons. The number of amides is 5. The number of halogens is 6. The van der Waals surface area contributed by atoms with Crippen molar-refractivity contribution in [1.82, 2.24) is 58.3 Å². The number of phenols is 3. The van der Waals surface area contributed by atoms with Gasteiger partial charge in [0.1, 0.15) is 70.8 Å². The number of pyridine rings is 3. The smallest absolute Gasteiger partial charge is 0.354 e. The minimum atomic E-state index is -1.03. The quantitative estimate of drug-likeness (QED) is 0.0652. The number of hydrogen-bond acceptors (Lipinski definition) is 21. The van der Waals surface area contributed by atoms with Crippen LogP contribution < -0.4 is 46.7 Å². The summed E-state index contributed by atoms with van der Waals surface area (Å²) in [6, 6.07) is 16.3. The monoisotopic (exact) mass is 1800 g/mol. The largest absolute Gasteiger partial charge is 0.507 e. The second-order valence-corrected chi connectivity index (χ2v) is 34.5. The van der Waals surface area contributed by atoms with Gasteiger partial charge in [-0.05, 0) is 167 Å². The highest BCUT2D eigenvalue weighted by Crippen LogP contribution is 2.51. The predicted molar refractivity (Wildman–Crippen MR) is 488 cm³/mol. The number of carbonyl (C=O) groups excluding carboxylic acids is 5. The molecular weight excluding hydrogens is 1710 g/mol. The molecule has 29 nitrogen and oxygen atoms in total. The Morgan fingerprint density at radius 1 is 0.477 bits per heavy atom. The molecule has 6 unspecified atom stereocenters. The highest BCUT2D eigenvalue weighted by atomic mass is 19.1. The van der Waals surface area contributed by atoms with E-state index in [0.717, 1.165) is 40.8 Å². The lowest BCUT2D eigenvalue weighted by Gasteiger charge is -2.45. The number of aromatic nitrogens is 9. The lowest BCUT2D eigenvalue weighted by molar-refractivity contribution is -0.130. The first-order valence-corrected chi connectivity index (χ1v) is 42.8. The highest BCUT2D eigenvalue weighted by molar-refractivity contribution is 6.16. The number of hydrogen-bond donors (Lipinski definition) is 4. The van der Waals surface area contributed by atoms with Crippen molar-refractivity contribution >= 4 is 91.1 Å². The average molecular weight is 1800 g/mol. The molecule has 4 N–H and O–H groups in total. The molecule has 0 bridgehead atoms. The van der Waals surface area contributed by atoms with E-state index < -0.39 is 122 Å². The third-order valence-corrected chi connectivity index (χ3v) is 25.1. The molecule has 3 fully saturated rings. The summed E-state index contributed by atoms with van der Waals surface area (Å²) in [4.78, 5) is 146. The maximum absolute atomic E-state index is 16.9. The zero-order valence-corrected chi connectivity index (χ0v) is 74.3. The van der Waals surface area contributed by atoms with Gasteiger partial charge in [0.2, 0.25) is 23.6 Å². The first-order valence-electron chi connectivity index (χ1n) is 42.8. The number of aryl methyl sites for hydroxylation is 3. The molecule has 0 aliphatic carbocycles. The summed E-state index contributed by atoms with van der Waals surface area (Å²) >= 11 is 0. The normalized spacial score (nSPS) is 17.9. The van der Waals surface area contributed by atoms with E-state index in [1.807, 2.05) is 67.2 Å². The second-order valence-electron chi connectivity index (χ2n) is 34.5.